The molecule has 0 aliphatic rings. The number of hydrogen-bond donors (Lipinski definition) is 6. The molecule has 3 amide bonds. The molecule has 504 valence electrons. The van der Waals surface area contributed by atoms with E-state index in [0.29, 0.717) is 65.1 Å². The van der Waals surface area contributed by atoms with Crippen LogP contribution in [-0.4, -0.2) is 146 Å². The van der Waals surface area contributed by atoms with Crippen molar-refractivity contribution in [1.82, 2.24) is 30.7 Å². The summed E-state index contributed by atoms with van der Waals surface area (Å²) in [7, 11) is 0. The highest BCUT2D eigenvalue weighted by Gasteiger charge is 2.13. The minimum atomic E-state index is 0. The maximum atomic E-state index is 12.5. The van der Waals surface area contributed by atoms with Gasteiger partial charge in [0.2, 0.25) is 17.7 Å². The third-order valence-electron chi connectivity index (χ3n) is 16.8. The van der Waals surface area contributed by atoms with E-state index in [4.69, 9.17) is 0 Å². The summed E-state index contributed by atoms with van der Waals surface area (Å²) < 4.78 is 0. The number of carbonyl (C=O) groups is 3. The highest BCUT2D eigenvalue weighted by molar-refractivity contribution is 5.76. The molecule has 0 rings (SSSR count). The average Bonchev–Trinajstić information content (AvgIpc) is 3.50. The second-order valence-electron chi connectivity index (χ2n) is 24.8. The molecule has 0 saturated carbocycles. The molecule has 0 radical (unpaired) electrons. The third-order valence-corrected chi connectivity index (χ3v) is 16.8. The summed E-state index contributed by atoms with van der Waals surface area (Å²) in [4.78, 5) is 43.4. The fraction of sp³-hybridized carbons (Fsp3) is 0.958. The third kappa shape index (κ3) is 70.9. The Morgan fingerprint density at radius 2 is 0.417 bits per heavy atom. The molecule has 12 nitrogen and oxygen atoms in total. The van der Waals surface area contributed by atoms with Gasteiger partial charge in [0.25, 0.3) is 0 Å². The largest absolute Gasteiger partial charge is 0.395 e. The highest BCUT2D eigenvalue weighted by atomic mass is 16.3. The summed E-state index contributed by atoms with van der Waals surface area (Å²) in [6.07, 6.45) is 62.6. The zero-order valence-electron chi connectivity index (χ0n) is 56.2. The van der Waals surface area contributed by atoms with Crippen LogP contribution in [0.1, 0.15) is 350 Å². The number of amides is 3. The Bertz CT molecular complexity index is 1220. The first-order chi connectivity index (χ1) is 40.8. The molecule has 0 aromatic rings. The molecule has 0 aliphatic carbocycles. The van der Waals surface area contributed by atoms with E-state index in [0.717, 1.165) is 58.4 Å². The first-order valence-electron chi connectivity index (χ1n) is 36.6. The minimum absolute atomic E-state index is 0. The number of aliphatic hydroxyl groups is 3. The lowest BCUT2D eigenvalue weighted by atomic mass is 10.0. The van der Waals surface area contributed by atoms with Gasteiger partial charge < -0.3 is 36.2 Å². The number of unbranched alkanes of at least 4 members (excludes halogenated alkanes) is 42. The maximum Gasteiger partial charge on any atom is 0.221 e. The standard InChI is InChI=1S/C44H90N4O4.C27H56N2O2.CH4/c1-3-5-7-9-11-13-15-17-19-21-23-25-27-29-33-45-43(51)31-35-47(39-41-49)37-38-48(40-42-50)36-32-44(52)46-34-30-28-26-24-22-20-18-16-14-12-10-8-6-4-2;1-3-5-7-9-10-11-12-13-14-15-16-17-18-19-22-28-27(31)21-24-29(25-26-30)23-20-8-6-4-2;/h49-50H,3-42H2,1-2H3,(H,45,51)(H,46,52);30H,3-26H2,1-2H3,(H,28,31);1H4. The van der Waals surface area contributed by atoms with Gasteiger partial charge in [-0.25, -0.2) is 0 Å². The van der Waals surface area contributed by atoms with E-state index in [-0.39, 0.29) is 45.0 Å². The summed E-state index contributed by atoms with van der Waals surface area (Å²) in [6, 6.07) is 0. The van der Waals surface area contributed by atoms with Gasteiger partial charge in [-0.05, 0) is 32.2 Å². The smallest absolute Gasteiger partial charge is 0.221 e. The summed E-state index contributed by atoms with van der Waals surface area (Å²) >= 11 is 0. The summed E-state index contributed by atoms with van der Waals surface area (Å²) in [5, 5.41) is 37.6. The second-order valence-corrected chi connectivity index (χ2v) is 24.8. The van der Waals surface area contributed by atoms with Crippen molar-refractivity contribution in [2.75, 3.05) is 98.4 Å². The Morgan fingerprint density at radius 3 is 0.619 bits per heavy atom. The number of aliphatic hydroxyl groups excluding tert-OH is 3. The van der Waals surface area contributed by atoms with Crippen LogP contribution in [-0.2, 0) is 14.4 Å². The van der Waals surface area contributed by atoms with E-state index in [1.807, 2.05) is 0 Å². The molecule has 0 fully saturated rings. The quantitative estimate of drug-likeness (QED) is 0.0326. The molecule has 6 N–H and O–H groups in total. The fourth-order valence-corrected chi connectivity index (χ4v) is 11.2. The number of hydrogen-bond acceptors (Lipinski definition) is 9. The Hall–Kier alpha value is -1.83. The molecule has 0 bridgehead atoms. The molecule has 0 saturated heterocycles. The van der Waals surface area contributed by atoms with Crippen LogP contribution in [0.3, 0.4) is 0 Å². The number of nitrogens with one attached hydrogen (secondary N) is 3. The van der Waals surface area contributed by atoms with Crippen LogP contribution in [0.5, 0.6) is 0 Å². The zero-order valence-corrected chi connectivity index (χ0v) is 56.2. The molecule has 0 aromatic carbocycles. The highest BCUT2D eigenvalue weighted by Crippen LogP contribution is 2.16. The van der Waals surface area contributed by atoms with Gasteiger partial charge in [0.1, 0.15) is 0 Å². The van der Waals surface area contributed by atoms with Crippen molar-refractivity contribution in [2.45, 2.75) is 350 Å². The van der Waals surface area contributed by atoms with Crippen LogP contribution >= 0.6 is 0 Å². The predicted octanol–water partition coefficient (Wildman–Crippen LogP) is 17.0. The minimum Gasteiger partial charge on any atom is -0.395 e. The van der Waals surface area contributed by atoms with Gasteiger partial charge >= 0.3 is 0 Å². The molecule has 0 aromatic heterocycles. The van der Waals surface area contributed by atoms with Gasteiger partial charge in [0.15, 0.2) is 0 Å². The number of rotatable bonds is 68. The van der Waals surface area contributed by atoms with Crippen molar-refractivity contribution in [2.24, 2.45) is 0 Å². The van der Waals surface area contributed by atoms with Crippen molar-refractivity contribution in [3.63, 3.8) is 0 Å². The summed E-state index contributed by atoms with van der Waals surface area (Å²) in [5.41, 5.74) is 0. The molecule has 0 heterocycles. The van der Waals surface area contributed by atoms with Crippen LogP contribution < -0.4 is 16.0 Å². The summed E-state index contributed by atoms with van der Waals surface area (Å²) in [5.74, 6) is 0.298. The van der Waals surface area contributed by atoms with Gasteiger partial charge in [0, 0.05) is 91.3 Å². The Labute approximate surface area is 523 Å². The van der Waals surface area contributed by atoms with E-state index in [1.54, 1.807) is 0 Å². The normalized spacial score (nSPS) is 11.4. The van der Waals surface area contributed by atoms with Crippen molar-refractivity contribution < 1.29 is 29.7 Å². The SMILES string of the molecule is C.CCCCCCCCCCCCCCCCNC(=O)CCN(CCO)CCCCCC.CCCCCCCCCCCCCCCCNC(=O)CCN(CCO)CCN(CCO)CCC(=O)NCCCCCCCCCCCCCCCC. The van der Waals surface area contributed by atoms with Crippen LogP contribution in [0.25, 0.3) is 0 Å². The Kier molecular flexibility index (Phi) is 77.6. The molecule has 12 heteroatoms. The first kappa shape index (κ1) is 86.4. The zero-order chi connectivity index (χ0) is 60.8. The molecular formula is C72H150N6O6. The lowest BCUT2D eigenvalue weighted by Gasteiger charge is -2.26. The van der Waals surface area contributed by atoms with Crippen LogP contribution in [0, 0.1) is 0 Å². The summed E-state index contributed by atoms with van der Waals surface area (Å²) in [6.45, 7) is 17.6. The van der Waals surface area contributed by atoms with Gasteiger partial charge in [-0.3, -0.25) is 24.2 Å². The van der Waals surface area contributed by atoms with Crippen molar-refractivity contribution in [3.8, 4) is 0 Å². The molecular weight excluding hydrogens is 1040 g/mol. The number of carbonyl (C=O) groups excluding carboxylic acids is 3. The lowest BCUT2D eigenvalue weighted by Crippen LogP contribution is -2.40. The van der Waals surface area contributed by atoms with Crippen LogP contribution in [0.15, 0.2) is 0 Å². The van der Waals surface area contributed by atoms with E-state index in [9.17, 15) is 29.7 Å². The lowest BCUT2D eigenvalue weighted by molar-refractivity contribution is -0.122. The van der Waals surface area contributed by atoms with Gasteiger partial charge in [-0.2, -0.15) is 0 Å². The molecule has 84 heavy (non-hydrogen) atoms. The molecule has 0 spiro atoms. The molecule has 0 unspecified atom stereocenters. The fourth-order valence-electron chi connectivity index (χ4n) is 11.2. The van der Waals surface area contributed by atoms with E-state index in [2.05, 4.69) is 58.3 Å². The van der Waals surface area contributed by atoms with Gasteiger partial charge in [-0.1, -0.05) is 305 Å². The predicted molar refractivity (Wildman–Crippen MR) is 365 cm³/mol. The number of nitrogens with zero attached hydrogens (tertiary/aromatic N) is 3. The second kappa shape index (κ2) is 75.4. The molecule has 0 aliphatic heterocycles. The first-order valence-corrected chi connectivity index (χ1v) is 36.6. The Balaban J connectivity index is -0.00000175. The van der Waals surface area contributed by atoms with Gasteiger partial charge in [0.05, 0.1) is 19.8 Å². The van der Waals surface area contributed by atoms with E-state index in [1.165, 1.54) is 270 Å². The van der Waals surface area contributed by atoms with Crippen molar-refractivity contribution in [3.05, 3.63) is 0 Å². The van der Waals surface area contributed by atoms with Gasteiger partial charge in [-0.15, -0.1) is 0 Å². The van der Waals surface area contributed by atoms with Crippen molar-refractivity contribution >= 4 is 17.7 Å². The van der Waals surface area contributed by atoms with E-state index < -0.39 is 0 Å². The average molecular weight is 1200 g/mol. The van der Waals surface area contributed by atoms with E-state index >= 15 is 0 Å². The van der Waals surface area contributed by atoms with Crippen molar-refractivity contribution in [1.29, 1.82) is 0 Å². The monoisotopic (exact) mass is 1200 g/mol. The van der Waals surface area contributed by atoms with Crippen LogP contribution in [0.2, 0.25) is 0 Å². The Morgan fingerprint density at radius 1 is 0.238 bits per heavy atom. The topological polar surface area (TPSA) is 158 Å². The maximum absolute atomic E-state index is 12.5. The molecule has 0 atom stereocenters. The van der Waals surface area contributed by atoms with Crippen LogP contribution in [0.4, 0.5) is 0 Å².